The van der Waals surface area contributed by atoms with E-state index in [0.717, 1.165) is 4.90 Å². The van der Waals surface area contributed by atoms with Crippen LogP contribution in [0, 0.1) is 12.7 Å². The van der Waals surface area contributed by atoms with Crippen LogP contribution in [0.4, 0.5) is 10.1 Å². The summed E-state index contributed by atoms with van der Waals surface area (Å²) < 4.78 is 40.8. The van der Waals surface area contributed by atoms with Crippen LogP contribution < -0.4 is 10.2 Å². The number of nitrogens with zero attached hydrogens (tertiary/aromatic N) is 1. The number of hydrogen-bond donors (Lipinski definition) is 2. The van der Waals surface area contributed by atoms with Crippen molar-refractivity contribution in [2.75, 3.05) is 32.0 Å². The van der Waals surface area contributed by atoms with Crippen LogP contribution in [0.25, 0.3) is 0 Å². The number of quaternary nitrogens is 1. The number of benzene rings is 2. The Balaban J connectivity index is 2.10. The van der Waals surface area contributed by atoms with Crippen molar-refractivity contribution in [3.8, 4) is 0 Å². The van der Waals surface area contributed by atoms with E-state index in [1.165, 1.54) is 16.4 Å². The maximum absolute atomic E-state index is 13.8. The molecule has 2 aromatic rings. The molecule has 0 heterocycles. The van der Waals surface area contributed by atoms with Crippen LogP contribution in [0.15, 0.2) is 47.4 Å². The van der Waals surface area contributed by atoms with Gasteiger partial charge < -0.3 is 10.2 Å². The summed E-state index contributed by atoms with van der Waals surface area (Å²) in [6.45, 7) is 6.55. The Kier molecular flexibility index (Phi) is 7.89. The molecule has 0 radical (unpaired) electrons. The van der Waals surface area contributed by atoms with Crippen molar-refractivity contribution in [1.82, 2.24) is 4.31 Å². The van der Waals surface area contributed by atoms with Gasteiger partial charge in [-0.1, -0.05) is 38.1 Å². The molecule has 0 saturated heterocycles. The summed E-state index contributed by atoms with van der Waals surface area (Å²) in [5, 5.41) is 2.75. The lowest BCUT2D eigenvalue weighted by molar-refractivity contribution is -0.885. The first-order chi connectivity index (χ1) is 13.7. The van der Waals surface area contributed by atoms with Gasteiger partial charge in [0.1, 0.15) is 12.4 Å². The number of likely N-dealkylation sites (N-methyl/N-ethyl adjacent to an activating group) is 1. The van der Waals surface area contributed by atoms with Crippen molar-refractivity contribution in [1.29, 1.82) is 0 Å². The average molecular weight is 423 g/mol. The normalized spacial score (nSPS) is 12.8. The van der Waals surface area contributed by atoms with E-state index in [9.17, 15) is 17.6 Å². The SMILES string of the molecule is CCN(CC)S(=O)(=O)c1cc(NC(=O)C[NH+](C)Cc2ccccc2F)ccc1C. The number of amides is 1. The maximum atomic E-state index is 13.8. The first kappa shape index (κ1) is 23.0. The van der Waals surface area contributed by atoms with Crippen molar-refractivity contribution >= 4 is 21.6 Å². The van der Waals surface area contributed by atoms with E-state index in [-0.39, 0.29) is 23.2 Å². The molecule has 0 fully saturated rings. The van der Waals surface area contributed by atoms with Gasteiger partial charge in [0, 0.05) is 24.3 Å². The minimum Gasteiger partial charge on any atom is -0.326 e. The zero-order valence-corrected chi connectivity index (χ0v) is 18.1. The molecule has 0 aromatic heterocycles. The summed E-state index contributed by atoms with van der Waals surface area (Å²) in [6, 6.07) is 11.3. The predicted molar refractivity (Wildman–Crippen MR) is 112 cm³/mol. The highest BCUT2D eigenvalue weighted by atomic mass is 32.2. The zero-order valence-electron chi connectivity index (χ0n) is 17.3. The second kappa shape index (κ2) is 9.96. The van der Waals surface area contributed by atoms with Crippen LogP contribution >= 0.6 is 0 Å². The number of carbonyl (C=O) groups excluding carboxylic acids is 1. The Labute approximate surface area is 172 Å². The number of sulfonamides is 1. The molecule has 1 atom stereocenters. The van der Waals surface area contributed by atoms with E-state index in [1.54, 1.807) is 58.2 Å². The fraction of sp³-hybridized carbons (Fsp3) is 0.381. The molecule has 1 amide bonds. The van der Waals surface area contributed by atoms with E-state index in [4.69, 9.17) is 0 Å². The molecular weight excluding hydrogens is 393 g/mol. The molecule has 29 heavy (non-hydrogen) atoms. The molecule has 0 aliphatic rings. The molecular formula is C21H29FN3O3S+. The summed E-state index contributed by atoms with van der Waals surface area (Å²) in [6.07, 6.45) is 0. The van der Waals surface area contributed by atoms with Gasteiger partial charge in [-0.2, -0.15) is 4.31 Å². The molecule has 1 unspecified atom stereocenters. The summed E-state index contributed by atoms with van der Waals surface area (Å²) in [5.41, 5.74) is 1.59. The number of aryl methyl sites for hydroxylation is 1. The summed E-state index contributed by atoms with van der Waals surface area (Å²) >= 11 is 0. The van der Waals surface area contributed by atoms with Gasteiger partial charge >= 0.3 is 0 Å². The molecule has 0 aliphatic heterocycles. The monoisotopic (exact) mass is 422 g/mol. The largest absolute Gasteiger partial charge is 0.326 e. The van der Waals surface area contributed by atoms with Crippen LogP contribution in [0.1, 0.15) is 25.0 Å². The van der Waals surface area contributed by atoms with Gasteiger partial charge in [0.2, 0.25) is 10.0 Å². The van der Waals surface area contributed by atoms with E-state index >= 15 is 0 Å². The summed E-state index contributed by atoms with van der Waals surface area (Å²) in [4.78, 5) is 13.4. The molecule has 0 aliphatic carbocycles. The van der Waals surface area contributed by atoms with Gasteiger partial charge in [0.05, 0.1) is 11.9 Å². The van der Waals surface area contributed by atoms with Gasteiger partial charge in [-0.15, -0.1) is 0 Å². The van der Waals surface area contributed by atoms with E-state index in [0.29, 0.717) is 36.4 Å². The van der Waals surface area contributed by atoms with Crippen LogP contribution in [0.2, 0.25) is 0 Å². The Bertz CT molecular complexity index is 959. The smallest absolute Gasteiger partial charge is 0.279 e. The minimum atomic E-state index is -3.62. The van der Waals surface area contributed by atoms with E-state index in [1.807, 2.05) is 0 Å². The molecule has 6 nitrogen and oxygen atoms in total. The quantitative estimate of drug-likeness (QED) is 0.648. The number of hydrogen-bond acceptors (Lipinski definition) is 3. The second-order valence-corrected chi connectivity index (χ2v) is 8.93. The summed E-state index contributed by atoms with van der Waals surface area (Å²) in [7, 11) is -1.82. The Morgan fingerprint density at radius 2 is 1.79 bits per heavy atom. The molecule has 0 saturated carbocycles. The van der Waals surface area contributed by atoms with Crippen LogP contribution in [0.5, 0.6) is 0 Å². The highest BCUT2D eigenvalue weighted by Gasteiger charge is 2.24. The lowest BCUT2D eigenvalue weighted by Crippen LogP contribution is -3.08. The Morgan fingerprint density at radius 1 is 1.14 bits per heavy atom. The molecule has 0 bridgehead atoms. The van der Waals surface area contributed by atoms with Crippen molar-refractivity contribution in [2.45, 2.75) is 32.2 Å². The Morgan fingerprint density at radius 3 is 2.41 bits per heavy atom. The van der Waals surface area contributed by atoms with Gasteiger partial charge in [-0.25, -0.2) is 12.8 Å². The first-order valence-electron chi connectivity index (χ1n) is 9.64. The van der Waals surface area contributed by atoms with Crippen molar-refractivity contribution < 1.29 is 22.5 Å². The van der Waals surface area contributed by atoms with Crippen LogP contribution in [-0.4, -0.2) is 45.3 Å². The van der Waals surface area contributed by atoms with Crippen molar-refractivity contribution in [3.05, 3.63) is 59.4 Å². The third-order valence-corrected chi connectivity index (χ3v) is 6.90. The van der Waals surface area contributed by atoms with Crippen LogP contribution in [0.3, 0.4) is 0 Å². The van der Waals surface area contributed by atoms with Gasteiger partial charge in [0.15, 0.2) is 6.54 Å². The first-order valence-corrected chi connectivity index (χ1v) is 11.1. The number of carbonyl (C=O) groups is 1. The topological polar surface area (TPSA) is 70.9 Å². The van der Waals surface area contributed by atoms with Crippen molar-refractivity contribution in [2.24, 2.45) is 0 Å². The minimum absolute atomic E-state index is 0.125. The molecule has 2 aromatic carbocycles. The molecule has 0 spiro atoms. The number of halogens is 1. The number of nitrogens with one attached hydrogen (secondary N) is 2. The maximum Gasteiger partial charge on any atom is 0.279 e. The fourth-order valence-electron chi connectivity index (χ4n) is 3.17. The highest BCUT2D eigenvalue weighted by molar-refractivity contribution is 7.89. The van der Waals surface area contributed by atoms with E-state index in [2.05, 4.69) is 5.32 Å². The highest BCUT2D eigenvalue weighted by Crippen LogP contribution is 2.23. The second-order valence-electron chi connectivity index (χ2n) is 7.02. The zero-order chi connectivity index (χ0) is 21.6. The molecule has 158 valence electrons. The lowest BCUT2D eigenvalue weighted by Gasteiger charge is -2.20. The fourth-order valence-corrected chi connectivity index (χ4v) is 4.88. The number of anilines is 1. The number of rotatable bonds is 9. The van der Waals surface area contributed by atoms with Crippen LogP contribution in [-0.2, 0) is 21.4 Å². The van der Waals surface area contributed by atoms with E-state index < -0.39 is 10.0 Å². The Hall–Kier alpha value is -2.29. The average Bonchev–Trinajstić information content (AvgIpc) is 2.65. The van der Waals surface area contributed by atoms with Gasteiger partial charge in [-0.05, 0) is 30.7 Å². The van der Waals surface area contributed by atoms with Gasteiger partial charge in [-0.3, -0.25) is 4.79 Å². The third-order valence-electron chi connectivity index (χ3n) is 4.71. The summed E-state index contributed by atoms with van der Waals surface area (Å²) in [5.74, 6) is -0.564. The van der Waals surface area contributed by atoms with Gasteiger partial charge in [0.25, 0.3) is 5.91 Å². The standard InChI is InChI=1S/C21H28FN3O3S/c1-5-25(6-2)29(27,28)20-13-18(12-11-16(20)3)23-21(26)15-24(4)14-17-9-7-8-10-19(17)22/h7-13H,5-6,14-15H2,1-4H3,(H,23,26)/p+1. The lowest BCUT2D eigenvalue weighted by atomic mass is 10.2. The molecule has 2 N–H and O–H groups in total. The van der Waals surface area contributed by atoms with Crippen molar-refractivity contribution in [3.63, 3.8) is 0 Å². The molecule has 8 heteroatoms. The molecule has 2 rings (SSSR count). The third kappa shape index (κ3) is 5.85. The predicted octanol–water partition coefficient (Wildman–Crippen LogP) is 1.82.